The van der Waals surface area contributed by atoms with Gasteiger partial charge in [-0.15, -0.1) is 12.8 Å². The number of hydrogen-bond donors (Lipinski definition) is 4. The molecular formula is C24H35N5O2. The van der Waals surface area contributed by atoms with E-state index in [2.05, 4.69) is 65.9 Å². The molecule has 0 radical (unpaired) electrons. The number of nitrogens with two attached hydrogens (primary N) is 1. The largest absolute Gasteiger partial charge is 0.508 e. The first-order chi connectivity index (χ1) is 14.9. The van der Waals surface area contributed by atoms with E-state index in [1.807, 2.05) is 6.92 Å². The molecular weight excluding hydrogens is 390 g/mol. The molecule has 1 heterocycles. The molecule has 31 heavy (non-hydrogen) atoms. The van der Waals surface area contributed by atoms with Crippen LogP contribution in [-0.2, 0) is 4.79 Å². The number of carbonyl (C=O) groups is 1. The van der Waals surface area contributed by atoms with Gasteiger partial charge in [-0.3, -0.25) is 4.79 Å². The van der Waals surface area contributed by atoms with Crippen molar-refractivity contribution in [1.82, 2.24) is 15.6 Å². The minimum atomic E-state index is -0.181. The number of nitrogens with zero attached hydrogens (tertiary/aromatic N) is 2. The zero-order valence-electron chi connectivity index (χ0n) is 18.7. The number of allylic oxidation sites excluding steroid dienone is 8. The molecule has 7 nitrogen and oxygen atoms in total. The quantitative estimate of drug-likeness (QED) is 0.125. The van der Waals surface area contributed by atoms with Crippen LogP contribution in [0, 0.1) is 12.8 Å². The van der Waals surface area contributed by atoms with Crippen LogP contribution in [0.15, 0.2) is 76.8 Å². The number of aliphatic hydroxyl groups is 1. The van der Waals surface area contributed by atoms with Crippen LogP contribution in [0.4, 0.5) is 0 Å². The van der Waals surface area contributed by atoms with Crippen LogP contribution in [0.2, 0.25) is 0 Å². The van der Waals surface area contributed by atoms with Crippen LogP contribution < -0.4 is 16.4 Å². The molecule has 168 valence electrons. The molecule has 1 aliphatic heterocycles. The number of carbonyl (C=O) groups excluding carboxylic acids is 1. The van der Waals surface area contributed by atoms with Crippen LogP contribution in [0.3, 0.4) is 0 Å². The average Bonchev–Trinajstić information content (AvgIpc) is 2.99. The van der Waals surface area contributed by atoms with Gasteiger partial charge in [-0.25, -0.2) is 5.01 Å². The highest BCUT2D eigenvalue weighted by atomic mass is 16.3. The van der Waals surface area contributed by atoms with Gasteiger partial charge >= 0.3 is 0 Å². The van der Waals surface area contributed by atoms with Crippen molar-refractivity contribution < 1.29 is 9.90 Å². The van der Waals surface area contributed by atoms with Crippen molar-refractivity contribution in [2.45, 2.75) is 33.6 Å². The highest BCUT2D eigenvalue weighted by Crippen LogP contribution is 2.06. The van der Waals surface area contributed by atoms with Crippen molar-refractivity contribution in [3.63, 3.8) is 0 Å². The summed E-state index contributed by atoms with van der Waals surface area (Å²) in [7, 11) is 0. The number of nitrogens with one attached hydrogen (secondary N) is 2. The topological polar surface area (TPSA) is 103 Å². The van der Waals surface area contributed by atoms with Gasteiger partial charge in [0.15, 0.2) is 0 Å². The molecule has 1 amide bonds. The molecule has 0 spiro atoms. The van der Waals surface area contributed by atoms with Gasteiger partial charge in [0.2, 0.25) is 0 Å². The van der Waals surface area contributed by atoms with Crippen LogP contribution in [-0.4, -0.2) is 41.6 Å². The van der Waals surface area contributed by atoms with Gasteiger partial charge in [0, 0.05) is 24.9 Å². The monoisotopic (exact) mass is 425 g/mol. The molecule has 0 unspecified atom stereocenters. The Balaban J connectivity index is 0.000000745. The van der Waals surface area contributed by atoms with Crippen LogP contribution >= 0.6 is 0 Å². The molecule has 0 aromatic heterocycles. The maximum Gasteiger partial charge on any atom is 0.270 e. The van der Waals surface area contributed by atoms with Crippen molar-refractivity contribution in [3.8, 4) is 12.8 Å². The maximum absolute atomic E-state index is 11.8. The SMILES string of the molecule is C#C.C/C=C\C(O)=C/CNCCC1=CC(=O)N(/N=C(/C)N)CN1.CC1=CC=CC=CC1. The van der Waals surface area contributed by atoms with Crippen molar-refractivity contribution in [2.75, 3.05) is 19.8 Å². The molecule has 2 rings (SSSR count). The Labute approximate surface area is 186 Å². The van der Waals surface area contributed by atoms with Crippen molar-refractivity contribution in [2.24, 2.45) is 10.8 Å². The van der Waals surface area contributed by atoms with Gasteiger partial charge in [-0.2, -0.15) is 5.10 Å². The predicted octanol–water partition coefficient (Wildman–Crippen LogP) is 3.25. The summed E-state index contributed by atoms with van der Waals surface area (Å²) < 4.78 is 0. The smallest absolute Gasteiger partial charge is 0.270 e. The first-order valence-electron chi connectivity index (χ1n) is 10.0. The molecule has 0 fully saturated rings. The van der Waals surface area contributed by atoms with E-state index in [1.54, 1.807) is 25.2 Å². The number of amidine groups is 1. The molecule has 0 bridgehead atoms. The van der Waals surface area contributed by atoms with E-state index in [0.29, 0.717) is 32.0 Å². The Morgan fingerprint density at radius 1 is 1.39 bits per heavy atom. The Morgan fingerprint density at radius 3 is 2.77 bits per heavy atom. The van der Waals surface area contributed by atoms with E-state index in [1.165, 1.54) is 16.7 Å². The number of hydrogen-bond acceptors (Lipinski definition) is 5. The van der Waals surface area contributed by atoms with Crippen molar-refractivity contribution in [1.29, 1.82) is 0 Å². The van der Waals surface area contributed by atoms with Crippen molar-refractivity contribution >= 4 is 11.7 Å². The van der Waals surface area contributed by atoms with Crippen LogP contribution in [0.25, 0.3) is 0 Å². The maximum atomic E-state index is 11.8. The fourth-order valence-electron chi connectivity index (χ4n) is 2.39. The third-order valence-corrected chi connectivity index (χ3v) is 3.83. The summed E-state index contributed by atoms with van der Waals surface area (Å²) >= 11 is 0. The molecule has 0 aromatic rings. The van der Waals surface area contributed by atoms with Gasteiger partial charge in [0.05, 0.1) is 0 Å². The summed E-state index contributed by atoms with van der Waals surface area (Å²) in [6.07, 6.45) is 26.9. The Morgan fingerprint density at radius 2 is 2.13 bits per heavy atom. The van der Waals surface area contributed by atoms with E-state index in [-0.39, 0.29) is 11.7 Å². The fourth-order valence-corrected chi connectivity index (χ4v) is 2.39. The third-order valence-electron chi connectivity index (χ3n) is 3.83. The van der Waals surface area contributed by atoms with E-state index < -0.39 is 0 Å². The number of amides is 1. The third kappa shape index (κ3) is 14.2. The van der Waals surface area contributed by atoms with Crippen LogP contribution in [0.1, 0.15) is 33.6 Å². The molecule has 0 saturated carbocycles. The normalized spacial score (nSPS) is 16.3. The summed E-state index contributed by atoms with van der Waals surface area (Å²) in [4.78, 5) is 11.8. The lowest BCUT2D eigenvalue weighted by Crippen LogP contribution is -2.40. The molecule has 2 aliphatic rings. The highest BCUT2D eigenvalue weighted by Gasteiger charge is 2.16. The Kier molecular flexibility index (Phi) is 15.4. The highest BCUT2D eigenvalue weighted by molar-refractivity contribution is 5.90. The van der Waals surface area contributed by atoms with Gasteiger partial charge in [0.1, 0.15) is 18.3 Å². The first-order valence-corrected chi connectivity index (χ1v) is 10.0. The number of rotatable bonds is 7. The Bertz CT molecular complexity index is 779. The predicted molar refractivity (Wildman–Crippen MR) is 130 cm³/mol. The fraction of sp³-hybridized carbons (Fsp3) is 0.333. The average molecular weight is 426 g/mol. The summed E-state index contributed by atoms with van der Waals surface area (Å²) in [6, 6.07) is 0. The lowest BCUT2D eigenvalue weighted by Gasteiger charge is -2.23. The standard InChI is InChI=1S/C14H23N5O2.C8H10.C2H2/c1-3-4-13(20)6-8-16-7-5-12-9-14(21)19(10-17-12)18-11(2)15;1-8-6-4-2-3-5-7-8;1-2/h3-4,6,9,16-17,20H,5,7-8,10H2,1-2H3,(H2,15,18);2-6H,7H2,1H3;1-2H/b4-3-,13-6+;;. The Hall–Kier alpha value is -3.50. The number of terminal acetylenes is 1. The zero-order valence-corrected chi connectivity index (χ0v) is 18.7. The van der Waals surface area contributed by atoms with Gasteiger partial charge in [-0.05, 0) is 45.8 Å². The number of hydrazone groups is 1. The molecule has 0 atom stereocenters. The minimum Gasteiger partial charge on any atom is -0.508 e. The second-order valence-corrected chi connectivity index (χ2v) is 6.60. The molecule has 0 saturated heterocycles. The van der Waals surface area contributed by atoms with E-state index in [4.69, 9.17) is 5.73 Å². The first kappa shape index (κ1) is 27.5. The van der Waals surface area contributed by atoms with Gasteiger partial charge < -0.3 is 21.5 Å². The lowest BCUT2D eigenvalue weighted by molar-refractivity contribution is -0.127. The minimum absolute atomic E-state index is 0.181. The lowest BCUT2D eigenvalue weighted by atomic mass is 10.2. The molecule has 0 aromatic carbocycles. The summed E-state index contributed by atoms with van der Waals surface area (Å²) in [5, 5.41) is 20.8. The van der Waals surface area contributed by atoms with E-state index in [0.717, 1.165) is 12.1 Å². The molecule has 7 heteroatoms. The van der Waals surface area contributed by atoms with Gasteiger partial charge in [0.25, 0.3) is 5.91 Å². The summed E-state index contributed by atoms with van der Waals surface area (Å²) in [6.45, 7) is 7.20. The summed E-state index contributed by atoms with van der Waals surface area (Å²) in [5.41, 5.74) is 7.73. The summed E-state index contributed by atoms with van der Waals surface area (Å²) in [5.74, 6) is 0.399. The van der Waals surface area contributed by atoms with E-state index in [9.17, 15) is 9.90 Å². The second kappa shape index (κ2) is 17.4. The van der Waals surface area contributed by atoms with Gasteiger partial charge in [-0.1, -0.05) is 42.0 Å². The molecule has 5 N–H and O–H groups in total. The second-order valence-electron chi connectivity index (χ2n) is 6.60. The molecule has 1 aliphatic carbocycles. The van der Waals surface area contributed by atoms with Crippen LogP contribution in [0.5, 0.6) is 0 Å². The zero-order chi connectivity index (χ0) is 23.5. The number of aliphatic hydroxyl groups excluding tert-OH is 1. The van der Waals surface area contributed by atoms with Crippen molar-refractivity contribution in [3.05, 3.63) is 71.7 Å². The van der Waals surface area contributed by atoms with E-state index >= 15 is 0 Å².